The van der Waals surface area contributed by atoms with E-state index in [4.69, 9.17) is 10.4 Å². The Morgan fingerprint density at radius 3 is 2.72 bits per heavy atom. The smallest absolute Gasteiger partial charge is 0.147 e. The van der Waals surface area contributed by atoms with Crippen LogP contribution in [0.3, 0.4) is 0 Å². The molecule has 0 spiro atoms. The molecular formula is C14H19FN2O. The van der Waals surface area contributed by atoms with E-state index in [1.54, 1.807) is 12.1 Å². The number of anilines is 1. The van der Waals surface area contributed by atoms with E-state index in [9.17, 15) is 4.39 Å². The van der Waals surface area contributed by atoms with E-state index in [1.165, 1.54) is 6.07 Å². The zero-order valence-corrected chi connectivity index (χ0v) is 10.8. The molecule has 2 N–H and O–H groups in total. The van der Waals surface area contributed by atoms with Gasteiger partial charge in [0.15, 0.2) is 0 Å². The van der Waals surface area contributed by atoms with Gasteiger partial charge in [-0.05, 0) is 37.0 Å². The Morgan fingerprint density at radius 1 is 1.50 bits per heavy atom. The molecule has 0 unspecified atom stereocenters. The van der Waals surface area contributed by atoms with Crippen molar-refractivity contribution in [2.45, 2.75) is 32.7 Å². The van der Waals surface area contributed by atoms with E-state index >= 15 is 0 Å². The number of aliphatic hydroxyl groups excluding tert-OH is 1. The highest BCUT2D eigenvalue weighted by Gasteiger charge is 2.13. The van der Waals surface area contributed by atoms with Crippen molar-refractivity contribution in [3.05, 3.63) is 29.6 Å². The number of nitrogens with one attached hydrogen (secondary N) is 1. The van der Waals surface area contributed by atoms with Crippen LogP contribution in [0, 0.1) is 23.1 Å². The summed E-state index contributed by atoms with van der Waals surface area (Å²) in [7, 11) is 0. The van der Waals surface area contributed by atoms with Crippen molar-refractivity contribution in [1.82, 2.24) is 0 Å². The molecule has 0 aliphatic carbocycles. The third kappa shape index (κ3) is 4.01. The van der Waals surface area contributed by atoms with Gasteiger partial charge in [0.05, 0.1) is 17.3 Å². The lowest BCUT2D eigenvalue weighted by molar-refractivity contribution is 0.224. The van der Waals surface area contributed by atoms with Gasteiger partial charge in [0.1, 0.15) is 5.82 Å². The van der Waals surface area contributed by atoms with Gasteiger partial charge in [0.25, 0.3) is 0 Å². The first-order valence-electron chi connectivity index (χ1n) is 6.17. The van der Waals surface area contributed by atoms with Crippen LogP contribution in [0.2, 0.25) is 0 Å². The van der Waals surface area contributed by atoms with E-state index in [-0.39, 0.29) is 18.6 Å². The average Bonchev–Trinajstić information content (AvgIpc) is 2.39. The summed E-state index contributed by atoms with van der Waals surface area (Å²) in [4.78, 5) is 0. The molecule has 0 bridgehead atoms. The Labute approximate surface area is 107 Å². The van der Waals surface area contributed by atoms with Crippen molar-refractivity contribution in [2.24, 2.45) is 5.92 Å². The number of hydrogen-bond donors (Lipinski definition) is 2. The number of nitriles is 1. The second-order valence-corrected chi connectivity index (χ2v) is 4.58. The highest BCUT2D eigenvalue weighted by molar-refractivity contribution is 5.49. The summed E-state index contributed by atoms with van der Waals surface area (Å²) in [5, 5.41) is 20.8. The van der Waals surface area contributed by atoms with E-state index in [2.05, 4.69) is 5.32 Å². The van der Waals surface area contributed by atoms with Gasteiger partial charge in [-0.25, -0.2) is 4.39 Å². The van der Waals surface area contributed by atoms with Gasteiger partial charge in [-0.3, -0.25) is 0 Å². The van der Waals surface area contributed by atoms with Gasteiger partial charge in [0, 0.05) is 12.6 Å². The van der Waals surface area contributed by atoms with Crippen molar-refractivity contribution >= 4 is 5.69 Å². The number of halogens is 1. The first-order valence-corrected chi connectivity index (χ1v) is 6.17. The predicted molar refractivity (Wildman–Crippen MR) is 69.7 cm³/mol. The van der Waals surface area contributed by atoms with Crippen LogP contribution >= 0.6 is 0 Å². The molecule has 4 heteroatoms. The van der Waals surface area contributed by atoms with Crippen LogP contribution in [-0.2, 0) is 0 Å². The normalized spacial score (nSPS) is 13.7. The second-order valence-electron chi connectivity index (χ2n) is 4.58. The molecule has 98 valence electrons. The number of benzene rings is 1. The quantitative estimate of drug-likeness (QED) is 0.816. The van der Waals surface area contributed by atoms with Crippen LogP contribution in [0.25, 0.3) is 0 Å². The molecule has 0 amide bonds. The van der Waals surface area contributed by atoms with Crippen molar-refractivity contribution in [1.29, 1.82) is 5.26 Å². The SMILES string of the molecule is CC[C@H](C[C@H](C)CO)Nc1ccc(C#N)cc1F. The maximum atomic E-state index is 13.7. The third-order valence-corrected chi connectivity index (χ3v) is 2.95. The lowest BCUT2D eigenvalue weighted by Crippen LogP contribution is -2.23. The van der Waals surface area contributed by atoms with Crippen molar-refractivity contribution in [2.75, 3.05) is 11.9 Å². The molecule has 1 aromatic rings. The zero-order chi connectivity index (χ0) is 13.5. The monoisotopic (exact) mass is 250 g/mol. The molecule has 0 saturated heterocycles. The standard InChI is InChI=1S/C14H19FN2O/c1-3-12(6-10(2)9-18)17-14-5-4-11(8-16)7-13(14)15/h4-5,7,10,12,17-18H,3,6,9H2,1-2H3/t10-,12+/m0/s1. The summed E-state index contributed by atoms with van der Waals surface area (Å²) in [5.41, 5.74) is 0.723. The molecule has 0 heterocycles. The van der Waals surface area contributed by atoms with Gasteiger partial charge < -0.3 is 10.4 Å². The molecule has 0 aromatic heterocycles. The minimum absolute atomic E-state index is 0.120. The van der Waals surface area contributed by atoms with Crippen molar-refractivity contribution in [3.63, 3.8) is 0 Å². The van der Waals surface area contributed by atoms with Crippen LogP contribution in [0.5, 0.6) is 0 Å². The number of nitrogens with zero attached hydrogens (tertiary/aromatic N) is 1. The zero-order valence-electron chi connectivity index (χ0n) is 10.8. The molecule has 3 nitrogen and oxygen atoms in total. The summed E-state index contributed by atoms with van der Waals surface area (Å²) < 4.78 is 13.7. The average molecular weight is 250 g/mol. The second kappa shape index (κ2) is 6.97. The van der Waals surface area contributed by atoms with E-state index in [0.29, 0.717) is 11.3 Å². The molecule has 0 fully saturated rings. The first kappa shape index (κ1) is 14.5. The lowest BCUT2D eigenvalue weighted by atomic mass is 10.0. The highest BCUT2D eigenvalue weighted by Crippen LogP contribution is 2.19. The number of hydrogen-bond acceptors (Lipinski definition) is 3. The molecule has 0 radical (unpaired) electrons. The summed E-state index contributed by atoms with van der Waals surface area (Å²) in [6.45, 7) is 4.11. The van der Waals surface area contributed by atoms with Crippen LogP contribution in [0.4, 0.5) is 10.1 Å². The number of aliphatic hydroxyl groups is 1. The van der Waals surface area contributed by atoms with Gasteiger partial charge in [-0.1, -0.05) is 13.8 Å². The van der Waals surface area contributed by atoms with E-state index < -0.39 is 5.82 Å². The molecule has 0 aliphatic heterocycles. The summed E-state index contributed by atoms with van der Waals surface area (Å²) in [6.07, 6.45) is 1.64. The van der Waals surface area contributed by atoms with Gasteiger partial charge >= 0.3 is 0 Å². The maximum Gasteiger partial charge on any atom is 0.147 e. The van der Waals surface area contributed by atoms with Gasteiger partial charge in [0.2, 0.25) is 0 Å². The van der Waals surface area contributed by atoms with Crippen LogP contribution in [0.1, 0.15) is 32.3 Å². The fourth-order valence-corrected chi connectivity index (χ4v) is 1.81. The van der Waals surface area contributed by atoms with Crippen molar-refractivity contribution < 1.29 is 9.50 Å². The Balaban J connectivity index is 2.73. The van der Waals surface area contributed by atoms with Crippen LogP contribution in [-0.4, -0.2) is 17.8 Å². The van der Waals surface area contributed by atoms with Gasteiger partial charge in [-0.15, -0.1) is 0 Å². The maximum absolute atomic E-state index is 13.7. The lowest BCUT2D eigenvalue weighted by Gasteiger charge is -2.21. The summed E-state index contributed by atoms with van der Waals surface area (Å²) >= 11 is 0. The molecular weight excluding hydrogens is 231 g/mol. The molecule has 2 atom stereocenters. The van der Waals surface area contributed by atoms with Crippen molar-refractivity contribution in [3.8, 4) is 6.07 Å². The van der Waals surface area contributed by atoms with E-state index in [0.717, 1.165) is 12.8 Å². The highest BCUT2D eigenvalue weighted by atomic mass is 19.1. The number of rotatable bonds is 6. The van der Waals surface area contributed by atoms with Gasteiger partial charge in [-0.2, -0.15) is 5.26 Å². The minimum atomic E-state index is -0.413. The largest absolute Gasteiger partial charge is 0.396 e. The predicted octanol–water partition coefficient (Wildman–Crippen LogP) is 2.91. The Bertz CT molecular complexity index is 428. The fourth-order valence-electron chi connectivity index (χ4n) is 1.81. The Morgan fingerprint density at radius 2 is 2.22 bits per heavy atom. The minimum Gasteiger partial charge on any atom is -0.396 e. The summed E-state index contributed by atoms with van der Waals surface area (Å²) in [5.74, 6) is -0.229. The fraction of sp³-hybridized carbons (Fsp3) is 0.500. The van der Waals surface area contributed by atoms with Crippen LogP contribution in [0.15, 0.2) is 18.2 Å². The van der Waals surface area contributed by atoms with Crippen LogP contribution < -0.4 is 5.32 Å². The first-order chi connectivity index (χ1) is 8.60. The molecule has 0 saturated carbocycles. The molecule has 0 aliphatic rings. The molecule has 18 heavy (non-hydrogen) atoms. The Kier molecular flexibility index (Phi) is 5.60. The molecule has 1 aromatic carbocycles. The topological polar surface area (TPSA) is 56.0 Å². The summed E-state index contributed by atoms with van der Waals surface area (Å²) in [6, 6.07) is 6.42. The molecule has 1 rings (SSSR count). The Hall–Kier alpha value is -1.60. The van der Waals surface area contributed by atoms with E-state index in [1.807, 2.05) is 19.9 Å². The third-order valence-electron chi connectivity index (χ3n) is 2.95.